The summed E-state index contributed by atoms with van der Waals surface area (Å²) in [6, 6.07) is 41.6. The Morgan fingerprint density at radius 2 is 1.14 bits per heavy atom. The number of carboxylic acid groups (broad SMARTS) is 1. The molecule has 5 rings (SSSR count). The van der Waals surface area contributed by atoms with Crippen LogP contribution in [-0.4, -0.2) is 15.6 Å². The fraction of sp³-hybridized carbons (Fsp3) is 0.121. The van der Waals surface area contributed by atoms with E-state index in [0.29, 0.717) is 13.0 Å². The monoisotopic (exact) mass is 487 g/mol. The lowest BCUT2D eigenvalue weighted by Crippen LogP contribution is -2.04. The van der Waals surface area contributed by atoms with Crippen LogP contribution >= 0.6 is 0 Å². The fourth-order valence-corrected chi connectivity index (χ4v) is 4.45. The molecule has 0 aliphatic carbocycles. The van der Waals surface area contributed by atoms with Gasteiger partial charge in [-0.05, 0) is 58.5 Å². The molecule has 1 aromatic heterocycles. The number of benzene rings is 4. The first-order valence-corrected chi connectivity index (χ1v) is 12.5. The van der Waals surface area contributed by atoms with E-state index in [1.165, 1.54) is 28.1 Å². The van der Waals surface area contributed by atoms with Crippen molar-refractivity contribution >= 4 is 5.97 Å². The third kappa shape index (κ3) is 6.17. The number of aliphatic carboxylic acids is 1. The first-order valence-electron chi connectivity index (χ1n) is 12.5. The van der Waals surface area contributed by atoms with Gasteiger partial charge in [0, 0.05) is 24.4 Å². The fourth-order valence-electron chi connectivity index (χ4n) is 4.45. The summed E-state index contributed by atoms with van der Waals surface area (Å²) in [5, 5.41) is 8.84. The highest BCUT2D eigenvalue weighted by Crippen LogP contribution is 2.30. The first-order chi connectivity index (χ1) is 18.2. The molecule has 4 heteroatoms. The van der Waals surface area contributed by atoms with Crippen LogP contribution in [0.15, 0.2) is 121 Å². The van der Waals surface area contributed by atoms with E-state index in [1.54, 1.807) is 0 Å². The van der Waals surface area contributed by atoms with E-state index in [1.807, 2.05) is 36.4 Å². The second-order valence-electron chi connectivity index (χ2n) is 9.06. The molecular weight excluding hydrogens is 458 g/mol. The van der Waals surface area contributed by atoms with Gasteiger partial charge >= 0.3 is 5.97 Å². The van der Waals surface area contributed by atoms with Crippen molar-refractivity contribution in [2.45, 2.75) is 26.0 Å². The number of aryl methyl sites for hydroxylation is 1. The lowest BCUT2D eigenvalue weighted by Gasteiger charge is -2.15. The quantitative estimate of drug-likeness (QED) is 0.222. The molecular formula is C33H29NO3. The molecule has 0 bridgehead atoms. The number of ether oxygens (including phenoxy) is 1. The summed E-state index contributed by atoms with van der Waals surface area (Å²) < 4.78 is 8.33. The van der Waals surface area contributed by atoms with E-state index in [-0.39, 0.29) is 6.42 Å². The van der Waals surface area contributed by atoms with Crippen molar-refractivity contribution in [2.75, 3.05) is 0 Å². The van der Waals surface area contributed by atoms with E-state index in [4.69, 9.17) is 9.84 Å². The third-order valence-corrected chi connectivity index (χ3v) is 6.44. The van der Waals surface area contributed by atoms with Crippen LogP contribution in [0.2, 0.25) is 0 Å². The van der Waals surface area contributed by atoms with Crippen molar-refractivity contribution in [1.29, 1.82) is 0 Å². The molecule has 4 aromatic carbocycles. The predicted octanol–water partition coefficient (Wildman–Crippen LogP) is 7.47. The highest BCUT2D eigenvalue weighted by Gasteiger charge is 2.12. The van der Waals surface area contributed by atoms with Crippen molar-refractivity contribution in [3.8, 4) is 28.3 Å². The van der Waals surface area contributed by atoms with Crippen LogP contribution in [0.5, 0.6) is 5.75 Å². The van der Waals surface area contributed by atoms with Crippen LogP contribution in [0.25, 0.3) is 22.5 Å². The lowest BCUT2D eigenvalue weighted by atomic mass is 10.1. The van der Waals surface area contributed by atoms with Crippen molar-refractivity contribution in [3.63, 3.8) is 0 Å². The van der Waals surface area contributed by atoms with Crippen LogP contribution < -0.4 is 4.74 Å². The van der Waals surface area contributed by atoms with Crippen molar-refractivity contribution in [3.05, 3.63) is 138 Å². The van der Waals surface area contributed by atoms with Gasteiger partial charge in [-0.15, -0.1) is 0 Å². The molecule has 0 radical (unpaired) electrons. The van der Waals surface area contributed by atoms with Crippen molar-refractivity contribution < 1.29 is 14.6 Å². The molecule has 0 aliphatic rings. The normalized spacial score (nSPS) is 10.8. The maximum absolute atomic E-state index is 10.7. The molecule has 1 heterocycles. The number of nitrogens with zero attached hydrogens (tertiary/aromatic N) is 1. The molecule has 0 saturated carbocycles. The maximum atomic E-state index is 10.7. The minimum Gasteiger partial charge on any atom is -0.489 e. The van der Waals surface area contributed by atoms with Crippen LogP contribution in [0.4, 0.5) is 0 Å². The summed E-state index contributed by atoms with van der Waals surface area (Å²) in [5.41, 5.74) is 8.09. The molecule has 5 aromatic rings. The number of hydrogen-bond donors (Lipinski definition) is 1. The molecule has 0 aliphatic heterocycles. The average molecular weight is 488 g/mol. The van der Waals surface area contributed by atoms with Gasteiger partial charge in [0.2, 0.25) is 0 Å². The second-order valence-corrected chi connectivity index (χ2v) is 9.06. The van der Waals surface area contributed by atoms with E-state index >= 15 is 0 Å². The molecule has 0 spiro atoms. The molecule has 0 atom stereocenters. The maximum Gasteiger partial charge on any atom is 0.303 e. The standard InChI is InChI=1S/C33H29NO3/c35-33(36)22-17-25-15-18-30(19-16-25)37-24-27-13-11-26(12-14-27)23-34-31(28-7-3-1-4-8-28)20-21-32(34)29-9-5-2-6-10-29/h1-16,18-21H,17,22-24H2,(H,35,36). The highest BCUT2D eigenvalue weighted by atomic mass is 16.5. The number of carbonyl (C=O) groups is 1. The zero-order valence-electron chi connectivity index (χ0n) is 20.6. The zero-order valence-corrected chi connectivity index (χ0v) is 20.6. The highest BCUT2D eigenvalue weighted by molar-refractivity contribution is 5.70. The Hall–Kier alpha value is -4.57. The number of aromatic nitrogens is 1. The Morgan fingerprint density at radius 3 is 1.68 bits per heavy atom. The molecule has 37 heavy (non-hydrogen) atoms. The topological polar surface area (TPSA) is 51.5 Å². The van der Waals surface area contributed by atoms with Gasteiger partial charge in [-0.2, -0.15) is 0 Å². The summed E-state index contributed by atoms with van der Waals surface area (Å²) in [6.07, 6.45) is 0.658. The van der Waals surface area contributed by atoms with Crippen molar-refractivity contribution in [2.24, 2.45) is 0 Å². The predicted molar refractivity (Wildman–Crippen MR) is 148 cm³/mol. The molecule has 0 amide bonds. The molecule has 0 unspecified atom stereocenters. The van der Waals surface area contributed by atoms with E-state index in [2.05, 4.69) is 89.5 Å². The largest absolute Gasteiger partial charge is 0.489 e. The first kappa shape index (κ1) is 24.1. The van der Waals surface area contributed by atoms with Crippen LogP contribution in [0.1, 0.15) is 23.1 Å². The lowest BCUT2D eigenvalue weighted by molar-refractivity contribution is -0.136. The SMILES string of the molecule is O=C(O)CCc1ccc(OCc2ccc(Cn3c(-c4ccccc4)ccc3-c3ccccc3)cc2)cc1. The summed E-state index contributed by atoms with van der Waals surface area (Å²) >= 11 is 0. The molecule has 0 saturated heterocycles. The molecule has 184 valence electrons. The Bertz CT molecular complexity index is 1380. The van der Waals surface area contributed by atoms with Gasteiger partial charge in [0.15, 0.2) is 0 Å². The van der Waals surface area contributed by atoms with Crippen LogP contribution in [0, 0.1) is 0 Å². The van der Waals surface area contributed by atoms with Crippen LogP contribution in [-0.2, 0) is 24.4 Å². The third-order valence-electron chi connectivity index (χ3n) is 6.44. The van der Waals surface area contributed by atoms with E-state index in [9.17, 15) is 4.79 Å². The minimum atomic E-state index is -0.784. The summed E-state index contributed by atoms with van der Waals surface area (Å²) in [7, 11) is 0. The Labute approximate surface area is 217 Å². The van der Waals surface area contributed by atoms with Gasteiger partial charge in [0.25, 0.3) is 0 Å². The van der Waals surface area contributed by atoms with Gasteiger partial charge in [-0.25, -0.2) is 0 Å². The molecule has 0 fully saturated rings. The van der Waals surface area contributed by atoms with Gasteiger partial charge in [-0.1, -0.05) is 97.1 Å². The molecule has 4 nitrogen and oxygen atoms in total. The molecule has 1 N–H and O–H groups in total. The average Bonchev–Trinajstić information content (AvgIpc) is 3.36. The number of carboxylic acids is 1. The van der Waals surface area contributed by atoms with Crippen molar-refractivity contribution in [1.82, 2.24) is 4.57 Å². The Balaban J connectivity index is 1.29. The van der Waals surface area contributed by atoms with Gasteiger partial charge < -0.3 is 14.4 Å². The second kappa shape index (κ2) is 11.4. The van der Waals surface area contributed by atoms with Gasteiger partial charge in [-0.3, -0.25) is 4.79 Å². The van der Waals surface area contributed by atoms with Crippen LogP contribution in [0.3, 0.4) is 0 Å². The summed E-state index contributed by atoms with van der Waals surface area (Å²) in [4.78, 5) is 10.7. The summed E-state index contributed by atoms with van der Waals surface area (Å²) in [6.45, 7) is 1.24. The number of hydrogen-bond acceptors (Lipinski definition) is 2. The van der Waals surface area contributed by atoms with E-state index < -0.39 is 5.97 Å². The smallest absolute Gasteiger partial charge is 0.303 e. The minimum absolute atomic E-state index is 0.134. The Kier molecular flexibility index (Phi) is 7.47. The summed E-state index contributed by atoms with van der Waals surface area (Å²) in [5.74, 6) is -0.0105. The Morgan fingerprint density at radius 1 is 0.622 bits per heavy atom. The van der Waals surface area contributed by atoms with Gasteiger partial charge in [0.05, 0.1) is 0 Å². The van der Waals surface area contributed by atoms with E-state index in [0.717, 1.165) is 23.4 Å². The number of rotatable bonds is 10. The zero-order chi connectivity index (χ0) is 25.5. The van der Waals surface area contributed by atoms with Gasteiger partial charge in [0.1, 0.15) is 12.4 Å².